The monoisotopic (exact) mass is 417 g/mol. The van der Waals surface area contributed by atoms with E-state index >= 15 is 0 Å². The van der Waals surface area contributed by atoms with Crippen LogP contribution in [0.1, 0.15) is 25.5 Å². The SMILES string of the molecule is COc1cc(-c2nc(N=S(C)(=O)C3CC3)cc(N3CCOC[C@H]3C)n2)cc(C)n1. The van der Waals surface area contributed by atoms with Crippen LogP contribution in [0.3, 0.4) is 0 Å². The molecule has 4 rings (SSSR count). The lowest BCUT2D eigenvalue weighted by molar-refractivity contribution is 0.0985. The molecule has 0 N–H and O–H groups in total. The summed E-state index contributed by atoms with van der Waals surface area (Å²) in [6, 6.07) is 5.74. The van der Waals surface area contributed by atoms with Crippen LogP contribution in [0.2, 0.25) is 0 Å². The van der Waals surface area contributed by atoms with Gasteiger partial charge in [0.05, 0.1) is 36.1 Å². The minimum Gasteiger partial charge on any atom is -0.481 e. The van der Waals surface area contributed by atoms with E-state index in [1.807, 2.05) is 25.1 Å². The van der Waals surface area contributed by atoms with Crippen LogP contribution >= 0.6 is 0 Å². The van der Waals surface area contributed by atoms with E-state index in [1.165, 1.54) is 0 Å². The minimum atomic E-state index is -2.32. The normalized spacial score (nSPS) is 21.5. The first-order chi connectivity index (χ1) is 13.9. The predicted octanol–water partition coefficient (Wildman–Crippen LogP) is 2.97. The maximum Gasteiger partial charge on any atom is 0.213 e. The third-order valence-electron chi connectivity index (χ3n) is 5.18. The molecule has 0 aromatic carbocycles. The standard InChI is InChI=1S/C20H27N5O3S/c1-13-9-15(10-19(21-13)27-3)20-22-17(24-29(4,26)16-5-6-16)11-18(23-20)25-7-8-28-12-14(25)2/h9-11,14,16H,5-8,12H2,1-4H3/t14-,29?/m1/s1. The van der Waals surface area contributed by atoms with Gasteiger partial charge < -0.3 is 14.4 Å². The molecule has 1 saturated carbocycles. The van der Waals surface area contributed by atoms with E-state index in [0.29, 0.717) is 30.7 Å². The first kappa shape index (κ1) is 20.0. The third kappa shape index (κ3) is 4.51. The highest BCUT2D eigenvalue weighted by Crippen LogP contribution is 2.33. The maximum atomic E-state index is 13.0. The highest BCUT2D eigenvalue weighted by molar-refractivity contribution is 7.93. The molecule has 1 unspecified atom stereocenters. The van der Waals surface area contributed by atoms with Gasteiger partial charge >= 0.3 is 0 Å². The van der Waals surface area contributed by atoms with Gasteiger partial charge in [-0.25, -0.2) is 19.2 Å². The van der Waals surface area contributed by atoms with Crippen LogP contribution < -0.4 is 9.64 Å². The molecule has 156 valence electrons. The Morgan fingerprint density at radius 3 is 2.72 bits per heavy atom. The quantitative estimate of drug-likeness (QED) is 0.739. The van der Waals surface area contributed by atoms with E-state index in [9.17, 15) is 4.21 Å². The van der Waals surface area contributed by atoms with Gasteiger partial charge in [0.2, 0.25) is 5.88 Å². The van der Waals surface area contributed by atoms with Crippen molar-refractivity contribution in [1.82, 2.24) is 15.0 Å². The van der Waals surface area contributed by atoms with Crippen molar-refractivity contribution in [2.75, 3.05) is 38.0 Å². The molecule has 2 fully saturated rings. The predicted molar refractivity (Wildman–Crippen MR) is 113 cm³/mol. The Bertz CT molecular complexity index is 1030. The van der Waals surface area contributed by atoms with Crippen LogP contribution in [0.25, 0.3) is 11.4 Å². The van der Waals surface area contributed by atoms with Gasteiger partial charge in [0.25, 0.3) is 0 Å². The lowest BCUT2D eigenvalue weighted by Gasteiger charge is -2.34. The zero-order valence-electron chi connectivity index (χ0n) is 17.3. The van der Waals surface area contributed by atoms with E-state index < -0.39 is 9.73 Å². The lowest BCUT2D eigenvalue weighted by Crippen LogP contribution is -2.44. The number of aryl methyl sites for hydroxylation is 1. The number of morpholine rings is 1. The van der Waals surface area contributed by atoms with Gasteiger partial charge in [0.15, 0.2) is 11.6 Å². The molecule has 1 aliphatic carbocycles. The van der Waals surface area contributed by atoms with Crippen LogP contribution in [0.4, 0.5) is 11.6 Å². The van der Waals surface area contributed by atoms with Crippen molar-refractivity contribution in [1.29, 1.82) is 0 Å². The summed E-state index contributed by atoms with van der Waals surface area (Å²) in [6.07, 6.45) is 3.65. The second-order valence-electron chi connectivity index (χ2n) is 7.72. The van der Waals surface area contributed by atoms with Crippen molar-refractivity contribution in [2.24, 2.45) is 4.36 Å². The summed E-state index contributed by atoms with van der Waals surface area (Å²) >= 11 is 0. The van der Waals surface area contributed by atoms with Crippen LogP contribution in [-0.4, -0.2) is 63.6 Å². The van der Waals surface area contributed by atoms with Gasteiger partial charge in [-0.3, -0.25) is 0 Å². The highest BCUT2D eigenvalue weighted by Gasteiger charge is 2.31. The average Bonchev–Trinajstić information content (AvgIpc) is 3.53. The molecule has 2 atom stereocenters. The summed E-state index contributed by atoms with van der Waals surface area (Å²) in [5.41, 5.74) is 1.60. The second kappa shape index (κ2) is 7.87. The smallest absolute Gasteiger partial charge is 0.213 e. The number of hydrogen-bond donors (Lipinski definition) is 0. The summed E-state index contributed by atoms with van der Waals surface area (Å²) in [7, 11) is -0.732. The van der Waals surface area contributed by atoms with Gasteiger partial charge in [0, 0.05) is 41.4 Å². The van der Waals surface area contributed by atoms with E-state index in [4.69, 9.17) is 14.5 Å². The first-order valence-electron chi connectivity index (χ1n) is 9.83. The fraction of sp³-hybridized carbons (Fsp3) is 0.550. The van der Waals surface area contributed by atoms with Gasteiger partial charge in [-0.2, -0.15) is 4.36 Å². The molecule has 2 aliphatic rings. The topological polar surface area (TPSA) is 89.8 Å². The number of ether oxygens (including phenoxy) is 2. The Hall–Kier alpha value is -2.26. The molecule has 0 amide bonds. The fourth-order valence-electron chi connectivity index (χ4n) is 3.45. The van der Waals surface area contributed by atoms with E-state index in [-0.39, 0.29) is 11.3 Å². The van der Waals surface area contributed by atoms with Gasteiger partial charge in [-0.15, -0.1) is 0 Å². The molecule has 0 radical (unpaired) electrons. The third-order valence-corrected chi connectivity index (χ3v) is 7.43. The van der Waals surface area contributed by atoms with Crippen LogP contribution in [0, 0.1) is 6.92 Å². The summed E-state index contributed by atoms with van der Waals surface area (Å²) in [4.78, 5) is 16.0. The van der Waals surface area contributed by atoms with Gasteiger partial charge in [-0.1, -0.05) is 0 Å². The fourth-order valence-corrected chi connectivity index (χ4v) is 5.07. The number of anilines is 1. The van der Waals surface area contributed by atoms with E-state index in [2.05, 4.69) is 26.2 Å². The molecule has 2 aromatic heterocycles. The van der Waals surface area contributed by atoms with Gasteiger partial charge in [-0.05, 0) is 32.8 Å². The molecule has 1 saturated heterocycles. The van der Waals surface area contributed by atoms with Crippen LogP contribution in [0.5, 0.6) is 5.88 Å². The zero-order chi connectivity index (χ0) is 20.6. The van der Waals surface area contributed by atoms with Crippen molar-refractivity contribution in [3.05, 3.63) is 23.9 Å². The summed E-state index contributed by atoms with van der Waals surface area (Å²) in [5, 5.41) is 0.162. The Morgan fingerprint density at radius 2 is 2.03 bits per heavy atom. The molecule has 29 heavy (non-hydrogen) atoms. The molecular formula is C20H27N5O3S. The summed E-state index contributed by atoms with van der Waals surface area (Å²) in [5.74, 6) is 2.25. The average molecular weight is 418 g/mol. The second-order valence-corrected chi connectivity index (χ2v) is 10.3. The Morgan fingerprint density at radius 1 is 1.24 bits per heavy atom. The molecule has 8 nitrogen and oxygen atoms in total. The zero-order valence-corrected chi connectivity index (χ0v) is 18.1. The minimum absolute atomic E-state index is 0.162. The molecule has 2 aromatic rings. The first-order valence-corrected chi connectivity index (χ1v) is 11.8. The largest absolute Gasteiger partial charge is 0.481 e. The Balaban J connectivity index is 1.84. The number of pyridine rings is 1. The van der Waals surface area contributed by atoms with E-state index in [1.54, 1.807) is 13.4 Å². The molecular weight excluding hydrogens is 390 g/mol. The van der Waals surface area contributed by atoms with Crippen molar-refractivity contribution in [3.8, 4) is 17.3 Å². The number of aromatic nitrogens is 3. The number of nitrogens with zero attached hydrogens (tertiary/aromatic N) is 5. The van der Waals surface area contributed by atoms with Crippen LogP contribution in [0.15, 0.2) is 22.6 Å². The number of rotatable bonds is 5. The molecule has 0 spiro atoms. The lowest BCUT2D eigenvalue weighted by atomic mass is 10.2. The van der Waals surface area contributed by atoms with Crippen molar-refractivity contribution in [2.45, 2.75) is 38.0 Å². The van der Waals surface area contributed by atoms with E-state index in [0.717, 1.165) is 36.5 Å². The number of methoxy groups -OCH3 is 1. The Labute approximate surface area is 171 Å². The molecule has 9 heteroatoms. The van der Waals surface area contributed by atoms with Gasteiger partial charge in [0.1, 0.15) is 5.82 Å². The summed E-state index contributed by atoms with van der Waals surface area (Å²) in [6.45, 7) is 6.02. The van der Waals surface area contributed by atoms with Crippen LogP contribution in [-0.2, 0) is 14.5 Å². The number of hydrogen-bond acceptors (Lipinski definition) is 8. The van der Waals surface area contributed by atoms with Crippen molar-refractivity contribution >= 4 is 21.4 Å². The molecule has 0 bridgehead atoms. The molecule has 1 aliphatic heterocycles. The van der Waals surface area contributed by atoms with Crippen molar-refractivity contribution < 1.29 is 13.7 Å². The maximum absolute atomic E-state index is 13.0. The highest BCUT2D eigenvalue weighted by atomic mass is 32.2. The van der Waals surface area contributed by atoms with Crippen molar-refractivity contribution in [3.63, 3.8) is 0 Å². The Kier molecular flexibility index (Phi) is 5.44. The summed E-state index contributed by atoms with van der Waals surface area (Å²) < 4.78 is 28.4. The molecule has 3 heterocycles.